The molecule has 0 aliphatic carbocycles. The largest absolute Gasteiger partial charge is 0.444 e. The predicted octanol–water partition coefficient (Wildman–Crippen LogP) is 6.25. The number of piperidine rings is 1. The van der Waals surface area contributed by atoms with E-state index >= 15 is 0 Å². The van der Waals surface area contributed by atoms with Crippen molar-refractivity contribution in [2.24, 2.45) is 0 Å². The molecule has 3 aromatic rings. The van der Waals surface area contributed by atoms with Crippen LogP contribution in [0.1, 0.15) is 44.7 Å². The summed E-state index contributed by atoms with van der Waals surface area (Å²) < 4.78 is 45.6. The first kappa shape index (κ1) is 28.7. The third-order valence-corrected chi connectivity index (χ3v) is 8.48. The Kier molecular flexibility index (Phi) is 8.49. The topological polar surface area (TPSA) is 106 Å². The van der Waals surface area contributed by atoms with E-state index in [1.165, 1.54) is 12.1 Å². The highest BCUT2D eigenvalue weighted by molar-refractivity contribution is 7.92. The molecule has 11 heteroatoms. The molecular weight excluding hydrogens is 533 g/mol. The molecule has 0 bridgehead atoms. The lowest BCUT2D eigenvalue weighted by Gasteiger charge is -2.33. The van der Waals surface area contributed by atoms with Gasteiger partial charge in [0.15, 0.2) is 9.84 Å². The smallest absolute Gasteiger partial charge is 0.410 e. The molecule has 1 N–H and O–H groups in total. The molecular formula is C29H30FN5O4S. The maximum Gasteiger partial charge on any atom is 0.410 e. The minimum atomic E-state index is -3.56. The van der Waals surface area contributed by atoms with Crippen molar-refractivity contribution in [2.75, 3.05) is 18.4 Å². The zero-order valence-electron chi connectivity index (χ0n) is 22.5. The van der Waals surface area contributed by atoms with Crippen LogP contribution in [0.2, 0.25) is 0 Å². The standard InChI is InChI=1S/C29H30FN5O4S/c1-29(2,3)39-28(36)35-15-13-24(14-16-35)40(37,38)23-10-8-22(9-11-23)34-27-32-18-21(19-33-27)6-5-20-7-12-26(31-4)25(30)17-20/h5-12,17-19,24H,13-16H2,1-3H3,(H,32,33,34)/b6-5+. The Morgan fingerprint density at radius 2 is 1.70 bits per heavy atom. The molecule has 1 aliphatic heterocycles. The van der Waals surface area contributed by atoms with Gasteiger partial charge in [-0.15, -0.1) is 0 Å². The predicted molar refractivity (Wildman–Crippen MR) is 151 cm³/mol. The summed E-state index contributed by atoms with van der Waals surface area (Å²) in [6.45, 7) is 13.0. The summed E-state index contributed by atoms with van der Waals surface area (Å²) in [4.78, 5) is 25.7. The molecule has 208 valence electrons. The second-order valence-corrected chi connectivity index (χ2v) is 12.6. The number of carbonyl (C=O) groups is 1. The Bertz CT molecular complexity index is 1540. The first-order chi connectivity index (χ1) is 18.9. The molecule has 0 atom stereocenters. The van der Waals surface area contributed by atoms with Crippen LogP contribution in [-0.2, 0) is 14.6 Å². The molecule has 2 aromatic carbocycles. The molecule has 1 saturated heterocycles. The van der Waals surface area contributed by atoms with E-state index < -0.39 is 32.6 Å². The fourth-order valence-electron chi connectivity index (χ4n) is 4.12. The van der Waals surface area contributed by atoms with Crippen molar-refractivity contribution in [1.82, 2.24) is 14.9 Å². The number of aromatic nitrogens is 2. The van der Waals surface area contributed by atoms with Crippen molar-refractivity contribution in [3.8, 4) is 0 Å². The normalized spacial score (nSPS) is 14.6. The van der Waals surface area contributed by atoms with Crippen LogP contribution in [0.15, 0.2) is 59.8 Å². The van der Waals surface area contributed by atoms with Crippen molar-refractivity contribution in [1.29, 1.82) is 0 Å². The number of amides is 1. The van der Waals surface area contributed by atoms with Crippen molar-refractivity contribution >= 4 is 45.4 Å². The molecule has 1 aliphatic rings. The van der Waals surface area contributed by atoms with E-state index in [2.05, 4.69) is 20.1 Å². The minimum absolute atomic E-state index is 0.0258. The van der Waals surface area contributed by atoms with E-state index in [-0.39, 0.29) is 10.6 Å². The van der Waals surface area contributed by atoms with Gasteiger partial charge in [-0.1, -0.05) is 24.3 Å². The average molecular weight is 564 g/mol. The number of halogens is 1. The second kappa shape index (κ2) is 11.8. The van der Waals surface area contributed by atoms with Gasteiger partial charge in [0.2, 0.25) is 11.6 Å². The SMILES string of the molecule is [C-]#[N+]c1ccc(/C=C/c2cnc(Nc3ccc(S(=O)(=O)C4CCN(C(=O)OC(C)(C)C)CC4)cc3)nc2)cc1F. The number of ether oxygens (including phenoxy) is 1. The number of sulfone groups is 1. The van der Waals surface area contributed by atoms with Gasteiger partial charge in [-0.05, 0) is 69.5 Å². The molecule has 0 radical (unpaired) electrons. The van der Waals surface area contributed by atoms with Crippen LogP contribution in [0, 0.1) is 12.4 Å². The third kappa shape index (κ3) is 7.21. The molecule has 4 rings (SSSR count). The molecule has 40 heavy (non-hydrogen) atoms. The monoisotopic (exact) mass is 563 g/mol. The zero-order chi connectivity index (χ0) is 28.9. The summed E-state index contributed by atoms with van der Waals surface area (Å²) in [7, 11) is -3.56. The lowest BCUT2D eigenvalue weighted by molar-refractivity contribution is 0.0217. The molecule has 0 saturated carbocycles. The van der Waals surface area contributed by atoms with Gasteiger partial charge in [-0.3, -0.25) is 0 Å². The summed E-state index contributed by atoms with van der Waals surface area (Å²) in [6.07, 6.45) is 6.88. The Balaban J connectivity index is 1.33. The number of anilines is 2. The third-order valence-electron chi connectivity index (χ3n) is 6.20. The van der Waals surface area contributed by atoms with Gasteiger partial charge < -0.3 is 15.0 Å². The lowest BCUT2D eigenvalue weighted by atomic mass is 10.1. The summed E-state index contributed by atoms with van der Waals surface area (Å²) >= 11 is 0. The number of hydrogen-bond donors (Lipinski definition) is 1. The number of carbonyl (C=O) groups excluding carboxylic acids is 1. The lowest BCUT2D eigenvalue weighted by Crippen LogP contribution is -2.44. The van der Waals surface area contributed by atoms with Gasteiger partial charge in [0.05, 0.1) is 16.7 Å². The molecule has 9 nitrogen and oxygen atoms in total. The second-order valence-electron chi connectivity index (χ2n) is 10.4. The van der Waals surface area contributed by atoms with E-state index in [1.54, 1.807) is 80.5 Å². The van der Waals surface area contributed by atoms with Crippen molar-refractivity contribution in [2.45, 2.75) is 49.4 Å². The first-order valence-electron chi connectivity index (χ1n) is 12.7. The van der Waals surface area contributed by atoms with Gasteiger partial charge in [0.25, 0.3) is 0 Å². The van der Waals surface area contributed by atoms with E-state index in [1.807, 2.05) is 0 Å². The average Bonchev–Trinajstić information content (AvgIpc) is 2.92. The summed E-state index contributed by atoms with van der Waals surface area (Å²) in [6, 6.07) is 10.8. The van der Waals surface area contributed by atoms with Crippen LogP contribution < -0.4 is 5.32 Å². The Hall–Kier alpha value is -4.30. The summed E-state index contributed by atoms with van der Waals surface area (Å²) in [5.74, 6) is -0.245. The Labute approximate surface area is 233 Å². The van der Waals surface area contributed by atoms with Gasteiger partial charge in [-0.2, -0.15) is 0 Å². The van der Waals surface area contributed by atoms with Crippen LogP contribution in [0.25, 0.3) is 17.0 Å². The zero-order valence-corrected chi connectivity index (χ0v) is 23.3. The first-order valence-corrected chi connectivity index (χ1v) is 14.3. The molecule has 0 spiro atoms. The molecule has 0 unspecified atom stereocenters. The van der Waals surface area contributed by atoms with Crippen molar-refractivity contribution in [3.05, 3.63) is 83.2 Å². The number of hydrogen-bond acceptors (Lipinski definition) is 7. The van der Waals surface area contributed by atoms with E-state index in [9.17, 15) is 17.6 Å². The molecule has 1 fully saturated rings. The highest BCUT2D eigenvalue weighted by Crippen LogP contribution is 2.27. The van der Waals surface area contributed by atoms with Gasteiger partial charge in [0, 0.05) is 36.7 Å². The molecule has 1 amide bonds. The maximum absolute atomic E-state index is 13.8. The highest BCUT2D eigenvalue weighted by atomic mass is 32.2. The Morgan fingerprint density at radius 3 is 2.27 bits per heavy atom. The van der Waals surface area contributed by atoms with Crippen LogP contribution in [0.3, 0.4) is 0 Å². The van der Waals surface area contributed by atoms with Crippen LogP contribution in [-0.4, -0.2) is 53.3 Å². The van der Waals surface area contributed by atoms with Crippen molar-refractivity contribution in [3.63, 3.8) is 0 Å². The fourth-order valence-corrected chi connectivity index (χ4v) is 5.85. The van der Waals surface area contributed by atoms with E-state index in [0.717, 1.165) is 0 Å². The van der Waals surface area contributed by atoms with Gasteiger partial charge in [-0.25, -0.2) is 32.4 Å². The van der Waals surface area contributed by atoms with Crippen LogP contribution >= 0.6 is 0 Å². The fraction of sp³-hybridized carbons (Fsp3) is 0.310. The molecule has 1 aromatic heterocycles. The number of likely N-dealkylation sites (tertiary alicyclic amines) is 1. The number of nitrogens with one attached hydrogen (secondary N) is 1. The van der Waals surface area contributed by atoms with Crippen molar-refractivity contribution < 1.29 is 22.3 Å². The van der Waals surface area contributed by atoms with Gasteiger partial charge in [0.1, 0.15) is 11.4 Å². The molecule has 2 heterocycles. The van der Waals surface area contributed by atoms with E-state index in [0.29, 0.717) is 48.7 Å². The summed E-state index contributed by atoms with van der Waals surface area (Å²) in [5, 5.41) is 2.47. The number of benzene rings is 2. The minimum Gasteiger partial charge on any atom is -0.444 e. The number of nitrogens with zero attached hydrogens (tertiary/aromatic N) is 4. The van der Waals surface area contributed by atoms with Crippen LogP contribution in [0.5, 0.6) is 0 Å². The number of rotatable bonds is 6. The summed E-state index contributed by atoms with van der Waals surface area (Å²) in [5.41, 5.74) is 1.30. The Morgan fingerprint density at radius 1 is 1.07 bits per heavy atom. The maximum atomic E-state index is 13.8. The quantitative estimate of drug-likeness (QED) is 0.353. The highest BCUT2D eigenvalue weighted by Gasteiger charge is 2.34. The van der Waals surface area contributed by atoms with E-state index in [4.69, 9.17) is 11.3 Å². The van der Waals surface area contributed by atoms with Crippen LogP contribution in [0.4, 0.5) is 26.5 Å². The van der Waals surface area contributed by atoms with Gasteiger partial charge >= 0.3 is 6.09 Å².